The summed E-state index contributed by atoms with van der Waals surface area (Å²) in [5.41, 5.74) is 5.44. The smallest absolute Gasteiger partial charge is 0.231 e. The van der Waals surface area contributed by atoms with Crippen LogP contribution in [-0.4, -0.2) is 41.2 Å². The van der Waals surface area contributed by atoms with Crippen LogP contribution in [0.5, 0.6) is 0 Å². The van der Waals surface area contributed by atoms with Gasteiger partial charge in [0.2, 0.25) is 5.89 Å². The number of hydrogen-bond acceptors (Lipinski definition) is 5. The predicted octanol–water partition coefficient (Wildman–Crippen LogP) is 0.380. The van der Waals surface area contributed by atoms with Crippen molar-refractivity contribution in [3.05, 3.63) is 11.7 Å². The highest BCUT2D eigenvalue weighted by Gasteiger charge is 2.27. The molecule has 1 saturated heterocycles. The third kappa shape index (κ3) is 2.35. The van der Waals surface area contributed by atoms with Crippen molar-refractivity contribution in [2.24, 2.45) is 5.73 Å². The third-order valence-corrected chi connectivity index (χ3v) is 2.92. The fraction of sp³-hybridized carbons (Fsp3) is 0.800. The summed E-state index contributed by atoms with van der Waals surface area (Å²) in [4.78, 5) is 6.77. The first-order chi connectivity index (χ1) is 7.33. The minimum Gasteiger partial charge on any atom is -0.339 e. The summed E-state index contributed by atoms with van der Waals surface area (Å²) in [7, 11) is 0. The number of likely N-dealkylation sites (tertiary alicyclic amines) is 1. The van der Waals surface area contributed by atoms with E-state index in [1.165, 1.54) is 0 Å². The summed E-state index contributed by atoms with van der Waals surface area (Å²) < 4.78 is 5.25. The van der Waals surface area contributed by atoms with Crippen molar-refractivity contribution in [3.8, 4) is 0 Å². The summed E-state index contributed by atoms with van der Waals surface area (Å²) in [6, 6.07) is 0. The minimum atomic E-state index is 0.420. The Morgan fingerprint density at radius 3 is 3.13 bits per heavy atom. The summed E-state index contributed by atoms with van der Waals surface area (Å²) in [5, 5.41) is 3.92. The maximum Gasteiger partial charge on any atom is 0.231 e. The Morgan fingerprint density at radius 2 is 2.47 bits per heavy atom. The third-order valence-electron chi connectivity index (χ3n) is 2.92. The predicted molar refractivity (Wildman–Crippen MR) is 56.5 cm³/mol. The number of likely N-dealkylation sites (N-methyl/N-ethyl adjacent to an activating group) is 1. The number of nitrogens with zero attached hydrogens (tertiary/aromatic N) is 3. The first kappa shape index (κ1) is 10.6. The molecule has 0 bridgehead atoms. The van der Waals surface area contributed by atoms with Gasteiger partial charge in [0.05, 0.1) is 5.92 Å². The zero-order valence-electron chi connectivity index (χ0n) is 9.15. The van der Waals surface area contributed by atoms with Crippen molar-refractivity contribution in [1.82, 2.24) is 15.0 Å². The minimum absolute atomic E-state index is 0.420. The first-order valence-electron chi connectivity index (χ1n) is 5.58. The van der Waals surface area contributed by atoms with Crippen LogP contribution in [0.25, 0.3) is 0 Å². The van der Waals surface area contributed by atoms with Crippen LogP contribution < -0.4 is 5.73 Å². The lowest BCUT2D eigenvalue weighted by molar-refractivity contribution is 0.324. The van der Waals surface area contributed by atoms with E-state index in [-0.39, 0.29) is 0 Å². The topological polar surface area (TPSA) is 68.2 Å². The fourth-order valence-electron chi connectivity index (χ4n) is 1.99. The van der Waals surface area contributed by atoms with Gasteiger partial charge in [-0.25, -0.2) is 0 Å². The number of nitrogens with two attached hydrogens (primary N) is 1. The average molecular weight is 210 g/mol. The molecule has 2 rings (SSSR count). The van der Waals surface area contributed by atoms with Gasteiger partial charge in [-0.3, -0.25) is 0 Å². The Morgan fingerprint density at radius 1 is 1.60 bits per heavy atom. The quantitative estimate of drug-likeness (QED) is 0.778. The Hall–Kier alpha value is -0.940. The molecule has 0 amide bonds. The van der Waals surface area contributed by atoms with Gasteiger partial charge in [0, 0.05) is 13.0 Å². The first-order valence-corrected chi connectivity index (χ1v) is 5.58. The van der Waals surface area contributed by atoms with Crippen LogP contribution in [0.1, 0.15) is 31.0 Å². The Bertz CT molecular complexity index is 312. The molecule has 2 N–H and O–H groups in total. The van der Waals surface area contributed by atoms with Crippen molar-refractivity contribution in [1.29, 1.82) is 0 Å². The van der Waals surface area contributed by atoms with Crippen molar-refractivity contribution in [2.45, 2.75) is 25.7 Å². The SMILES string of the molecule is CCN1CCC(c2nc(CCN)no2)C1. The molecule has 1 aromatic heterocycles. The fourth-order valence-corrected chi connectivity index (χ4v) is 1.99. The van der Waals surface area contributed by atoms with Gasteiger partial charge in [-0.05, 0) is 26.1 Å². The average Bonchev–Trinajstić information content (AvgIpc) is 2.85. The van der Waals surface area contributed by atoms with E-state index < -0.39 is 0 Å². The molecular weight excluding hydrogens is 192 g/mol. The molecular formula is C10H18N4O. The molecule has 1 atom stereocenters. The highest BCUT2D eigenvalue weighted by molar-refractivity contribution is 4.98. The molecule has 0 aliphatic carbocycles. The zero-order chi connectivity index (χ0) is 10.7. The molecule has 0 spiro atoms. The summed E-state index contributed by atoms with van der Waals surface area (Å²) in [6.07, 6.45) is 1.83. The van der Waals surface area contributed by atoms with E-state index in [0.717, 1.165) is 37.8 Å². The molecule has 1 aliphatic rings. The molecule has 5 nitrogen and oxygen atoms in total. The Kier molecular flexibility index (Phi) is 3.33. The van der Waals surface area contributed by atoms with Gasteiger partial charge in [-0.2, -0.15) is 4.98 Å². The second-order valence-corrected chi connectivity index (χ2v) is 3.97. The van der Waals surface area contributed by atoms with Crippen molar-refractivity contribution in [3.63, 3.8) is 0 Å². The highest BCUT2D eigenvalue weighted by Crippen LogP contribution is 2.25. The molecule has 1 aliphatic heterocycles. The summed E-state index contributed by atoms with van der Waals surface area (Å²) in [6.45, 7) is 6.03. The van der Waals surface area contributed by atoms with Crippen molar-refractivity contribution < 1.29 is 4.52 Å². The second-order valence-electron chi connectivity index (χ2n) is 3.97. The summed E-state index contributed by atoms with van der Waals surface area (Å²) >= 11 is 0. The van der Waals surface area contributed by atoms with Gasteiger partial charge < -0.3 is 15.2 Å². The molecule has 0 radical (unpaired) electrons. The van der Waals surface area contributed by atoms with E-state index >= 15 is 0 Å². The Balaban J connectivity index is 1.97. The molecule has 1 aromatic rings. The Labute approximate surface area is 89.6 Å². The van der Waals surface area contributed by atoms with Crippen LogP contribution >= 0.6 is 0 Å². The van der Waals surface area contributed by atoms with Crippen LogP contribution in [0, 0.1) is 0 Å². The van der Waals surface area contributed by atoms with Crippen molar-refractivity contribution in [2.75, 3.05) is 26.2 Å². The molecule has 15 heavy (non-hydrogen) atoms. The lowest BCUT2D eigenvalue weighted by Crippen LogP contribution is -2.19. The normalized spacial score (nSPS) is 22.4. The van der Waals surface area contributed by atoms with Gasteiger partial charge in [-0.15, -0.1) is 0 Å². The highest BCUT2D eigenvalue weighted by atomic mass is 16.5. The maximum atomic E-state index is 5.44. The van der Waals surface area contributed by atoms with Crippen LogP contribution in [0.15, 0.2) is 4.52 Å². The lowest BCUT2D eigenvalue weighted by atomic mass is 10.1. The lowest BCUT2D eigenvalue weighted by Gasteiger charge is -2.10. The van der Waals surface area contributed by atoms with E-state index in [1.54, 1.807) is 0 Å². The van der Waals surface area contributed by atoms with Crippen LogP contribution in [0.2, 0.25) is 0 Å². The van der Waals surface area contributed by atoms with Gasteiger partial charge in [0.15, 0.2) is 5.82 Å². The van der Waals surface area contributed by atoms with Gasteiger partial charge >= 0.3 is 0 Å². The molecule has 1 fully saturated rings. The van der Waals surface area contributed by atoms with E-state index in [0.29, 0.717) is 18.9 Å². The second kappa shape index (κ2) is 4.72. The standard InChI is InChI=1S/C10H18N4O/c1-2-14-6-4-8(7-14)10-12-9(3-5-11)13-15-10/h8H,2-7,11H2,1H3. The largest absolute Gasteiger partial charge is 0.339 e. The molecule has 0 aromatic carbocycles. The molecule has 5 heteroatoms. The van der Waals surface area contributed by atoms with Crippen molar-refractivity contribution >= 4 is 0 Å². The number of hydrogen-bond donors (Lipinski definition) is 1. The van der Waals surface area contributed by atoms with Crippen LogP contribution in [0.3, 0.4) is 0 Å². The molecule has 0 saturated carbocycles. The van der Waals surface area contributed by atoms with Gasteiger partial charge in [-0.1, -0.05) is 12.1 Å². The molecule has 1 unspecified atom stereocenters. The van der Waals surface area contributed by atoms with E-state index in [4.69, 9.17) is 10.3 Å². The van der Waals surface area contributed by atoms with E-state index in [1.807, 2.05) is 0 Å². The number of rotatable bonds is 4. The van der Waals surface area contributed by atoms with Gasteiger partial charge in [0.1, 0.15) is 0 Å². The van der Waals surface area contributed by atoms with E-state index in [2.05, 4.69) is 22.0 Å². The summed E-state index contributed by atoms with van der Waals surface area (Å²) in [5.74, 6) is 1.95. The monoisotopic (exact) mass is 210 g/mol. The van der Waals surface area contributed by atoms with E-state index in [9.17, 15) is 0 Å². The molecule has 84 valence electrons. The van der Waals surface area contributed by atoms with Crippen LogP contribution in [0.4, 0.5) is 0 Å². The zero-order valence-corrected chi connectivity index (χ0v) is 9.15. The molecule has 2 heterocycles. The maximum absolute atomic E-state index is 5.44. The number of aromatic nitrogens is 2. The van der Waals surface area contributed by atoms with Crippen LogP contribution in [-0.2, 0) is 6.42 Å². The van der Waals surface area contributed by atoms with Gasteiger partial charge in [0.25, 0.3) is 0 Å².